The van der Waals surface area contributed by atoms with Crippen molar-refractivity contribution in [3.05, 3.63) is 35.5 Å². The van der Waals surface area contributed by atoms with Gasteiger partial charge in [-0.05, 0) is 93.1 Å². The molecule has 3 rings (SSSR count). The van der Waals surface area contributed by atoms with Gasteiger partial charge >= 0.3 is 0 Å². The highest BCUT2D eigenvalue weighted by atomic mass is 16.3. The quantitative estimate of drug-likeness (QED) is 0.473. The SMILES string of the molecule is [2H]OC1C[C@H](O)C/C(=C/C=C2\CCC[C@]3(C)[C@@H]([C@H](C)CCCC(C)(C)O[2H])CC[C@@H]23)C1=C. The molecule has 3 heteroatoms. The monoisotopic (exact) mass is 418 g/mol. The Morgan fingerprint density at radius 1 is 1.33 bits per heavy atom. The molecule has 3 fully saturated rings. The number of allylic oxidation sites excluding steroid dienone is 3. The van der Waals surface area contributed by atoms with E-state index >= 15 is 0 Å². The molecule has 3 aliphatic rings. The highest BCUT2D eigenvalue weighted by Crippen LogP contribution is 2.60. The second-order valence-corrected chi connectivity index (χ2v) is 11.3. The maximum Gasteiger partial charge on any atom is 0.211 e. The summed E-state index contributed by atoms with van der Waals surface area (Å²) in [7, 11) is 0. The van der Waals surface area contributed by atoms with Crippen LogP contribution in [0.4, 0.5) is 0 Å². The van der Waals surface area contributed by atoms with Crippen LogP contribution in [0.5, 0.6) is 0 Å². The average molecular weight is 419 g/mol. The van der Waals surface area contributed by atoms with E-state index in [1.54, 1.807) is 5.57 Å². The first-order valence-corrected chi connectivity index (χ1v) is 12.1. The molecule has 0 amide bonds. The minimum Gasteiger partial charge on any atom is -0.393 e. The predicted octanol–water partition coefficient (Wildman–Crippen LogP) is 5.70. The lowest BCUT2D eigenvalue weighted by molar-refractivity contribution is 0.0596. The van der Waals surface area contributed by atoms with Crippen LogP contribution in [0.1, 0.15) is 91.9 Å². The van der Waals surface area contributed by atoms with Gasteiger partial charge in [0.15, 0.2) is 0 Å². The van der Waals surface area contributed by atoms with Gasteiger partial charge in [0.1, 0.15) is 0 Å². The van der Waals surface area contributed by atoms with E-state index in [1.165, 1.54) is 32.1 Å². The molecule has 3 saturated carbocycles. The topological polar surface area (TPSA) is 60.7 Å². The van der Waals surface area contributed by atoms with Gasteiger partial charge < -0.3 is 15.3 Å². The number of aliphatic hydroxyl groups is 3. The molecule has 30 heavy (non-hydrogen) atoms. The first kappa shape index (κ1) is 21.0. The van der Waals surface area contributed by atoms with Crippen molar-refractivity contribution >= 4 is 0 Å². The Morgan fingerprint density at radius 3 is 2.87 bits per heavy atom. The molecule has 0 aromatic rings. The molecule has 0 aliphatic heterocycles. The van der Waals surface area contributed by atoms with Gasteiger partial charge in [-0.2, -0.15) is 0 Å². The van der Waals surface area contributed by atoms with Crippen LogP contribution in [0.25, 0.3) is 0 Å². The molecule has 0 aromatic carbocycles. The minimum atomic E-state index is -0.459. The van der Waals surface area contributed by atoms with Gasteiger partial charge in [-0.15, -0.1) is 0 Å². The van der Waals surface area contributed by atoms with Crippen LogP contribution in [0.2, 0.25) is 0 Å². The molecule has 0 aromatic heterocycles. The summed E-state index contributed by atoms with van der Waals surface area (Å²) in [5.74, 6) is 2.07. The summed E-state index contributed by atoms with van der Waals surface area (Å²) < 4.78 is 14.5. The van der Waals surface area contributed by atoms with Crippen molar-refractivity contribution in [2.45, 2.75) is 110 Å². The molecule has 0 spiro atoms. The van der Waals surface area contributed by atoms with E-state index in [4.69, 9.17) is 13.1 Å². The highest BCUT2D eigenvalue weighted by molar-refractivity contribution is 5.38. The fourth-order valence-corrected chi connectivity index (χ4v) is 6.71. The molecular formula is C27H44O3. The Hall–Kier alpha value is -0.900. The lowest BCUT2D eigenvalue weighted by atomic mass is 9.60. The molecule has 0 radical (unpaired) electrons. The Kier molecular flexibility index (Phi) is 6.50. The smallest absolute Gasteiger partial charge is 0.211 e. The first-order valence-electron chi connectivity index (χ1n) is 13.0. The summed E-state index contributed by atoms with van der Waals surface area (Å²) in [4.78, 5) is 0. The van der Waals surface area contributed by atoms with Gasteiger partial charge in [0.05, 0.1) is 17.8 Å². The van der Waals surface area contributed by atoms with E-state index in [1.807, 2.05) is 13.8 Å². The van der Waals surface area contributed by atoms with E-state index in [2.05, 4.69) is 32.6 Å². The van der Waals surface area contributed by atoms with Crippen LogP contribution in [-0.2, 0) is 0 Å². The standard InChI is InChI=1S/C27H44O3/c1-18(8-6-14-26(3,4)30)23-12-13-24-20(9-7-15-27(23,24)5)10-11-21-16-22(28)17-25(29)19(21)2/h10-11,18,22-25,28-30H,2,6-9,12-17H2,1,3-5H3/b20-10+,21-11-/t18-,22-,23-,24+,25?,27-/m1/s1/i29D,30D. The molecule has 6 atom stereocenters. The normalized spacial score (nSPS) is 39.7. The molecule has 1 unspecified atom stereocenters. The second kappa shape index (κ2) is 9.30. The molecule has 3 N–H and O–H groups in total. The third kappa shape index (κ3) is 5.29. The van der Waals surface area contributed by atoms with Crippen molar-refractivity contribution in [2.75, 3.05) is 0 Å². The zero-order chi connectivity index (χ0) is 23.5. The van der Waals surface area contributed by atoms with Crippen molar-refractivity contribution < 1.29 is 15.3 Å². The minimum absolute atomic E-state index is 0.350. The van der Waals surface area contributed by atoms with Crippen LogP contribution < -0.4 is 0 Å². The van der Waals surface area contributed by atoms with Crippen LogP contribution in [0.15, 0.2) is 35.5 Å². The average Bonchev–Trinajstić information content (AvgIpc) is 3.11. The summed E-state index contributed by atoms with van der Waals surface area (Å²) in [6.07, 6.45) is 14.2. The van der Waals surface area contributed by atoms with Crippen molar-refractivity contribution in [2.24, 2.45) is 23.2 Å². The van der Waals surface area contributed by atoms with Gasteiger partial charge in [-0.3, -0.25) is 0 Å². The fourth-order valence-electron chi connectivity index (χ4n) is 6.71. The third-order valence-electron chi connectivity index (χ3n) is 8.40. The van der Waals surface area contributed by atoms with Gasteiger partial charge in [0.2, 0.25) is 2.86 Å². The Morgan fingerprint density at radius 2 is 2.13 bits per heavy atom. The second-order valence-electron chi connectivity index (χ2n) is 11.3. The first-order chi connectivity index (χ1) is 15.1. The lowest BCUT2D eigenvalue weighted by Gasteiger charge is -2.44. The maximum atomic E-state index is 10.2. The Balaban J connectivity index is 1.69. The van der Waals surface area contributed by atoms with Crippen LogP contribution in [0.3, 0.4) is 0 Å². The van der Waals surface area contributed by atoms with Gasteiger partial charge in [0.25, 0.3) is 0 Å². The predicted molar refractivity (Wildman–Crippen MR) is 124 cm³/mol. The van der Waals surface area contributed by atoms with Crippen LogP contribution >= 0.6 is 0 Å². The molecular weight excluding hydrogens is 372 g/mol. The largest absolute Gasteiger partial charge is 0.393 e. The van der Waals surface area contributed by atoms with Crippen molar-refractivity contribution in [3.8, 4) is 0 Å². The zero-order valence-electron chi connectivity index (χ0n) is 21.6. The van der Waals surface area contributed by atoms with Crippen molar-refractivity contribution in [1.82, 2.24) is 0 Å². The number of rotatable bonds is 8. The number of fused-ring (bicyclic) bond motifs is 1. The summed E-state index contributed by atoms with van der Waals surface area (Å²) in [5.41, 5.74) is 3.44. The van der Waals surface area contributed by atoms with Crippen molar-refractivity contribution in [1.29, 1.82) is 2.86 Å². The zero-order valence-corrected chi connectivity index (χ0v) is 19.6. The number of hydrogen-bond acceptors (Lipinski definition) is 3. The molecule has 0 bridgehead atoms. The molecule has 3 aliphatic carbocycles. The summed E-state index contributed by atoms with van der Waals surface area (Å²) in [5, 5.41) is 19.8. The Labute approximate surface area is 187 Å². The van der Waals surface area contributed by atoms with E-state index in [9.17, 15) is 5.11 Å². The highest BCUT2D eigenvalue weighted by Gasteiger charge is 2.50. The van der Waals surface area contributed by atoms with E-state index in [0.717, 1.165) is 36.3 Å². The molecule has 3 nitrogen and oxygen atoms in total. The van der Waals surface area contributed by atoms with Crippen molar-refractivity contribution in [3.63, 3.8) is 0 Å². The van der Waals surface area contributed by atoms with Gasteiger partial charge in [-0.25, -0.2) is 0 Å². The number of hydrogen-bond donors (Lipinski definition) is 3. The van der Waals surface area contributed by atoms with Gasteiger partial charge in [-0.1, -0.05) is 51.0 Å². The summed E-state index contributed by atoms with van der Waals surface area (Å²) in [6.45, 7) is 13.1. The maximum absolute atomic E-state index is 10.2. The third-order valence-corrected chi connectivity index (χ3v) is 8.40. The molecule has 0 heterocycles. The van der Waals surface area contributed by atoms with E-state index < -0.39 is 12.2 Å². The van der Waals surface area contributed by atoms with Crippen LogP contribution in [-0.4, -0.2) is 36.0 Å². The summed E-state index contributed by atoms with van der Waals surface area (Å²) in [6, 6.07) is 0. The molecule has 0 saturated heterocycles. The van der Waals surface area contributed by atoms with Crippen LogP contribution in [0, 0.1) is 23.2 Å². The fraction of sp³-hybridized carbons (Fsp3) is 0.778. The van der Waals surface area contributed by atoms with E-state index in [-0.39, 0.29) is 5.60 Å². The lowest BCUT2D eigenvalue weighted by Crippen LogP contribution is -2.36. The van der Waals surface area contributed by atoms with Gasteiger partial charge in [0, 0.05) is 6.42 Å². The Bertz CT molecular complexity index is 728. The summed E-state index contributed by atoms with van der Waals surface area (Å²) >= 11 is 0. The number of aliphatic hydroxyl groups excluding tert-OH is 2. The molecule has 170 valence electrons. The van der Waals surface area contributed by atoms with E-state index in [0.29, 0.717) is 30.1 Å².